The van der Waals surface area contributed by atoms with Gasteiger partial charge in [-0.25, -0.2) is 4.57 Å². The standard InChI is InChI=1S/C14H22NO4P/c1-10(2)18-20(17,19-11(3)4)14(16)15-13-9-7-6-8-12(13)5/h6-11H,1-5H3,(H,15,16). The topological polar surface area (TPSA) is 64.6 Å². The highest BCUT2D eigenvalue weighted by molar-refractivity contribution is 7.72. The van der Waals surface area contributed by atoms with Gasteiger partial charge in [0.25, 0.3) is 0 Å². The second-order valence-electron chi connectivity index (χ2n) is 5.05. The van der Waals surface area contributed by atoms with Crippen LogP contribution in [0.2, 0.25) is 0 Å². The third-order valence-electron chi connectivity index (χ3n) is 2.33. The number of anilines is 1. The number of aryl methyl sites for hydroxylation is 1. The van der Waals surface area contributed by atoms with E-state index in [4.69, 9.17) is 9.05 Å². The molecule has 1 aromatic carbocycles. The van der Waals surface area contributed by atoms with Crippen LogP contribution >= 0.6 is 7.60 Å². The Morgan fingerprint density at radius 3 is 2.05 bits per heavy atom. The summed E-state index contributed by atoms with van der Waals surface area (Å²) in [6.45, 7) is 8.68. The maximum absolute atomic E-state index is 12.6. The summed E-state index contributed by atoms with van der Waals surface area (Å²) in [6.07, 6.45) is -0.746. The van der Waals surface area contributed by atoms with Crippen molar-refractivity contribution in [3.63, 3.8) is 0 Å². The van der Waals surface area contributed by atoms with E-state index < -0.39 is 13.2 Å². The van der Waals surface area contributed by atoms with E-state index >= 15 is 0 Å². The van der Waals surface area contributed by atoms with Gasteiger partial charge in [0.05, 0.1) is 12.2 Å². The van der Waals surface area contributed by atoms with E-state index in [-0.39, 0.29) is 12.2 Å². The predicted octanol–water partition coefficient (Wildman–Crippen LogP) is 4.57. The van der Waals surface area contributed by atoms with Crippen LogP contribution in [-0.2, 0) is 13.6 Å². The molecule has 6 heteroatoms. The summed E-state index contributed by atoms with van der Waals surface area (Å²) in [4.78, 5) is 12.2. The molecule has 0 heterocycles. The molecule has 112 valence electrons. The molecular formula is C14H22NO4P. The van der Waals surface area contributed by atoms with Crippen LogP contribution in [0.5, 0.6) is 0 Å². The smallest absolute Gasteiger partial charge is 0.315 e. The molecule has 0 saturated heterocycles. The van der Waals surface area contributed by atoms with Gasteiger partial charge in [-0.3, -0.25) is 13.8 Å². The number of amides is 1. The van der Waals surface area contributed by atoms with Crippen LogP contribution in [0.4, 0.5) is 10.5 Å². The Bertz CT molecular complexity index is 500. The molecule has 0 fully saturated rings. The van der Waals surface area contributed by atoms with E-state index in [0.29, 0.717) is 5.69 Å². The number of benzene rings is 1. The van der Waals surface area contributed by atoms with E-state index in [1.165, 1.54) is 0 Å². The van der Waals surface area contributed by atoms with Crippen LogP contribution in [0, 0.1) is 6.92 Å². The quantitative estimate of drug-likeness (QED) is 0.781. The first-order valence-electron chi connectivity index (χ1n) is 6.58. The third-order valence-corrected chi connectivity index (χ3v) is 4.34. The highest BCUT2D eigenvalue weighted by Gasteiger charge is 2.37. The zero-order chi connectivity index (χ0) is 15.3. The second-order valence-corrected chi connectivity index (χ2v) is 6.87. The number of para-hydroxylation sites is 1. The average Bonchev–Trinajstić information content (AvgIpc) is 2.29. The zero-order valence-corrected chi connectivity index (χ0v) is 13.4. The molecule has 0 spiro atoms. The van der Waals surface area contributed by atoms with Gasteiger partial charge in [-0.05, 0) is 46.2 Å². The van der Waals surface area contributed by atoms with Crippen LogP contribution < -0.4 is 5.32 Å². The number of rotatable bonds is 6. The number of hydrogen-bond acceptors (Lipinski definition) is 4. The van der Waals surface area contributed by atoms with Crippen molar-refractivity contribution in [1.82, 2.24) is 0 Å². The van der Waals surface area contributed by atoms with Gasteiger partial charge in [-0.15, -0.1) is 0 Å². The first kappa shape index (κ1) is 16.9. The number of hydrogen-bond donors (Lipinski definition) is 1. The molecule has 1 N–H and O–H groups in total. The van der Waals surface area contributed by atoms with E-state index in [2.05, 4.69) is 5.32 Å². The summed E-state index contributed by atoms with van der Waals surface area (Å²) >= 11 is 0. The predicted molar refractivity (Wildman–Crippen MR) is 80.2 cm³/mol. The number of carbonyl (C=O) groups is 1. The van der Waals surface area contributed by atoms with Crippen molar-refractivity contribution < 1.29 is 18.4 Å². The maximum atomic E-state index is 12.6. The van der Waals surface area contributed by atoms with E-state index in [0.717, 1.165) is 5.56 Å². The molecule has 0 bridgehead atoms. The van der Waals surface area contributed by atoms with Crippen LogP contribution in [0.25, 0.3) is 0 Å². The highest BCUT2D eigenvalue weighted by atomic mass is 31.2. The SMILES string of the molecule is Cc1ccccc1NC(=O)P(=O)(OC(C)C)OC(C)C. The first-order valence-corrected chi connectivity index (χ1v) is 8.13. The second kappa shape index (κ2) is 7.02. The summed E-state index contributed by atoms with van der Waals surface area (Å²) in [7, 11) is -3.86. The molecule has 1 rings (SSSR count). The lowest BCUT2D eigenvalue weighted by Gasteiger charge is -2.22. The fourth-order valence-electron chi connectivity index (χ4n) is 1.57. The Morgan fingerprint density at radius 2 is 1.60 bits per heavy atom. The molecule has 0 radical (unpaired) electrons. The summed E-state index contributed by atoms with van der Waals surface area (Å²) in [5, 5.41) is 2.61. The lowest BCUT2D eigenvalue weighted by Crippen LogP contribution is -2.19. The fourth-order valence-corrected chi connectivity index (χ4v) is 3.18. The molecule has 1 aromatic rings. The molecule has 0 aliphatic heterocycles. The molecule has 0 atom stereocenters. The molecule has 0 saturated carbocycles. The highest BCUT2D eigenvalue weighted by Crippen LogP contribution is 2.52. The molecular weight excluding hydrogens is 277 g/mol. The van der Waals surface area contributed by atoms with E-state index in [1.54, 1.807) is 39.8 Å². The van der Waals surface area contributed by atoms with Crippen LogP contribution in [0.15, 0.2) is 24.3 Å². The minimum atomic E-state index is -3.86. The van der Waals surface area contributed by atoms with E-state index in [9.17, 15) is 9.36 Å². The summed E-state index contributed by atoms with van der Waals surface area (Å²) in [6, 6.07) is 7.25. The summed E-state index contributed by atoms with van der Waals surface area (Å²) < 4.78 is 23.1. The molecule has 0 aliphatic rings. The Balaban J connectivity index is 2.94. The normalized spacial score (nSPS) is 11.9. The van der Waals surface area contributed by atoms with Gasteiger partial charge in [-0.1, -0.05) is 18.2 Å². The minimum absolute atomic E-state index is 0.373. The van der Waals surface area contributed by atoms with Gasteiger partial charge in [0, 0.05) is 5.69 Å². The van der Waals surface area contributed by atoms with Crippen molar-refractivity contribution in [2.75, 3.05) is 5.32 Å². The van der Waals surface area contributed by atoms with Crippen LogP contribution in [0.1, 0.15) is 33.3 Å². The lowest BCUT2D eigenvalue weighted by molar-refractivity contribution is 0.144. The summed E-state index contributed by atoms with van der Waals surface area (Å²) in [5.74, 6) is 0. The van der Waals surface area contributed by atoms with Crippen LogP contribution in [0.3, 0.4) is 0 Å². The molecule has 5 nitrogen and oxygen atoms in total. The summed E-state index contributed by atoms with van der Waals surface area (Å²) in [5.41, 5.74) is 0.730. The first-order chi connectivity index (χ1) is 9.24. The Hall–Kier alpha value is -1.16. The van der Waals surface area contributed by atoms with Gasteiger partial charge < -0.3 is 5.32 Å². The van der Waals surface area contributed by atoms with Gasteiger partial charge in [0.1, 0.15) is 0 Å². The number of carbonyl (C=O) groups excluding carboxylic acids is 1. The zero-order valence-electron chi connectivity index (χ0n) is 12.5. The van der Waals surface area contributed by atoms with Gasteiger partial charge >= 0.3 is 13.2 Å². The molecule has 0 unspecified atom stereocenters. The Morgan fingerprint density at radius 1 is 1.10 bits per heavy atom. The lowest BCUT2D eigenvalue weighted by atomic mass is 10.2. The van der Waals surface area contributed by atoms with Crippen molar-refractivity contribution >= 4 is 18.9 Å². The molecule has 0 aliphatic carbocycles. The molecule has 0 aromatic heterocycles. The van der Waals surface area contributed by atoms with Crippen molar-refractivity contribution in [2.45, 2.75) is 46.8 Å². The van der Waals surface area contributed by atoms with Gasteiger partial charge in [-0.2, -0.15) is 0 Å². The van der Waals surface area contributed by atoms with Gasteiger partial charge in [0.15, 0.2) is 0 Å². The molecule has 20 heavy (non-hydrogen) atoms. The van der Waals surface area contributed by atoms with Crippen LogP contribution in [-0.4, -0.2) is 17.9 Å². The Labute approximate surface area is 120 Å². The largest absolute Gasteiger partial charge is 0.419 e. The van der Waals surface area contributed by atoms with Crippen molar-refractivity contribution in [3.8, 4) is 0 Å². The third kappa shape index (κ3) is 4.75. The monoisotopic (exact) mass is 299 g/mol. The minimum Gasteiger partial charge on any atom is -0.315 e. The van der Waals surface area contributed by atoms with Crippen molar-refractivity contribution in [3.05, 3.63) is 29.8 Å². The molecule has 1 amide bonds. The Kier molecular flexibility index (Phi) is 5.93. The van der Waals surface area contributed by atoms with Crippen molar-refractivity contribution in [1.29, 1.82) is 0 Å². The van der Waals surface area contributed by atoms with E-state index in [1.807, 2.05) is 19.1 Å². The average molecular weight is 299 g/mol. The van der Waals surface area contributed by atoms with Gasteiger partial charge in [0.2, 0.25) is 0 Å². The number of nitrogens with one attached hydrogen (secondary N) is 1. The fraction of sp³-hybridized carbons (Fsp3) is 0.500. The van der Waals surface area contributed by atoms with Crippen molar-refractivity contribution in [2.24, 2.45) is 0 Å². The maximum Gasteiger partial charge on any atom is 0.419 e.